The molecule has 1 aliphatic rings. The first-order valence-corrected chi connectivity index (χ1v) is 7.75. The lowest BCUT2D eigenvalue weighted by molar-refractivity contribution is 0.483. The molecular formula is C14H15NO3S. The van der Waals surface area contributed by atoms with Crippen LogP contribution in [0.2, 0.25) is 0 Å². The highest BCUT2D eigenvalue weighted by molar-refractivity contribution is 7.85. The summed E-state index contributed by atoms with van der Waals surface area (Å²) >= 11 is 0. The van der Waals surface area contributed by atoms with Crippen molar-refractivity contribution in [1.82, 2.24) is 0 Å². The minimum Gasteiger partial charge on any atom is -0.371 e. The predicted octanol–water partition coefficient (Wildman–Crippen LogP) is 2.69. The van der Waals surface area contributed by atoms with Crippen molar-refractivity contribution in [1.29, 1.82) is 0 Å². The van der Waals surface area contributed by atoms with Crippen LogP contribution in [0.15, 0.2) is 41.3 Å². The predicted molar refractivity (Wildman–Crippen MR) is 75.2 cm³/mol. The molecule has 3 rings (SSSR count). The van der Waals surface area contributed by atoms with Crippen molar-refractivity contribution < 1.29 is 13.0 Å². The second-order valence-corrected chi connectivity index (χ2v) is 6.25. The molecule has 1 fully saturated rings. The topological polar surface area (TPSA) is 57.6 Å². The van der Waals surface area contributed by atoms with Gasteiger partial charge in [0.1, 0.15) is 0 Å². The van der Waals surface area contributed by atoms with Crippen LogP contribution in [0.1, 0.15) is 12.8 Å². The minimum absolute atomic E-state index is 0.0494. The Balaban J connectivity index is 2.21. The van der Waals surface area contributed by atoms with Gasteiger partial charge in [-0.1, -0.05) is 18.2 Å². The van der Waals surface area contributed by atoms with E-state index in [9.17, 15) is 8.42 Å². The Kier molecular flexibility index (Phi) is 2.95. The number of rotatable bonds is 2. The van der Waals surface area contributed by atoms with E-state index in [1.807, 2.05) is 18.2 Å². The number of benzene rings is 2. The van der Waals surface area contributed by atoms with Crippen molar-refractivity contribution in [3.8, 4) is 0 Å². The highest BCUT2D eigenvalue weighted by Crippen LogP contribution is 2.31. The smallest absolute Gasteiger partial charge is 0.294 e. The van der Waals surface area contributed by atoms with Gasteiger partial charge in [-0.2, -0.15) is 8.42 Å². The summed E-state index contributed by atoms with van der Waals surface area (Å²) in [6.07, 6.45) is 2.32. The zero-order chi connectivity index (χ0) is 13.5. The second-order valence-electron chi connectivity index (χ2n) is 4.83. The summed E-state index contributed by atoms with van der Waals surface area (Å²) in [5, 5.41) is 1.86. The van der Waals surface area contributed by atoms with Crippen LogP contribution in [-0.2, 0) is 10.1 Å². The van der Waals surface area contributed by atoms with E-state index in [1.54, 1.807) is 12.1 Å². The molecule has 1 heterocycles. The lowest BCUT2D eigenvalue weighted by atomic mass is 10.1. The van der Waals surface area contributed by atoms with Crippen LogP contribution in [0.5, 0.6) is 0 Å². The van der Waals surface area contributed by atoms with Gasteiger partial charge in [0, 0.05) is 24.2 Å². The van der Waals surface area contributed by atoms with Crippen LogP contribution in [0.3, 0.4) is 0 Å². The lowest BCUT2D eigenvalue weighted by Gasteiger charge is -2.20. The fourth-order valence-corrected chi connectivity index (χ4v) is 3.14. The Bertz CT molecular complexity index is 719. The molecule has 0 radical (unpaired) electrons. The quantitative estimate of drug-likeness (QED) is 0.857. The van der Waals surface area contributed by atoms with Crippen molar-refractivity contribution >= 4 is 26.6 Å². The van der Waals surface area contributed by atoms with Crippen molar-refractivity contribution in [2.75, 3.05) is 18.0 Å². The molecule has 19 heavy (non-hydrogen) atoms. The van der Waals surface area contributed by atoms with E-state index in [1.165, 1.54) is 6.07 Å². The van der Waals surface area contributed by atoms with E-state index >= 15 is 0 Å². The Morgan fingerprint density at radius 3 is 2.47 bits per heavy atom. The molecule has 0 atom stereocenters. The van der Waals surface area contributed by atoms with E-state index in [-0.39, 0.29) is 4.90 Å². The fraction of sp³-hybridized carbons (Fsp3) is 0.286. The van der Waals surface area contributed by atoms with Gasteiger partial charge in [-0.15, -0.1) is 0 Å². The van der Waals surface area contributed by atoms with Gasteiger partial charge < -0.3 is 4.90 Å². The van der Waals surface area contributed by atoms with Crippen molar-refractivity contribution in [3.05, 3.63) is 36.4 Å². The van der Waals surface area contributed by atoms with Crippen molar-refractivity contribution in [2.24, 2.45) is 0 Å². The molecule has 0 amide bonds. The van der Waals surface area contributed by atoms with Crippen LogP contribution in [0, 0.1) is 0 Å². The first kappa shape index (κ1) is 12.4. The molecule has 0 spiro atoms. The van der Waals surface area contributed by atoms with Crippen molar-refractivity contribution in [2.45, 2.75) is 17.7 Å². The van der Waals surface area contributed by atoms with Gasteiger partial charge in [0.25, 0.3) is 10.1 Å². The molecule has 5 heteroatoms. The van der Waals surface area contributed by atoms with Crippen LogP contribution < -0.4 is 4.90 Å². The largest absolute Gasteiger partial charge is 0.371 e. The molecule has 1 N–H and O–H groups in total. The van der Waals surface area contributed by atoms with Gasteiger partial charge >= 0.3 is 0 Å². The molecule has 1 aliphatic heterocycles. The summed E-state index contributed by atoms with van der Waals surface area (Å²) < 4.78 is 31.7. The second kappa shape index (κ2) is 4.51. The standard InChI is InChI=1S/C14H15NO3S/c16-19(17,18)12-7-6-11-4-3-5-14(13(11)10-12)15-8-1-2-9-15/h3-7,10H,1-2,8-9H2,(H,16,17,18). The Morgan fingerprint density at radius 2 is 1.79 bits per heavy atom. The maximum atomic E-state index is 11.3. The Hall–Kier alpha value is -1.59. The van der Waals surface area contributed by atoms with Crippen LogP contribution in [0.4, 0.5) is 5.69 Å². The van der Waals surface area contributed by atoms with E-state index in [0.717, 1.165) is 42.4 Å². The van der Waals surface area contributed by atoms with Gasteiger partial charge in [0.15, 0.2) is 0 Å². The van der Waals surface area contributed by atoms with Gasteiger partial charge in [-0.25, -0.2) is 0 Å². The molecule has 0 aliphatic carbocycles. The molecule has 0 saturated carbocycles. The maximum Gasteiger partial charge on any atom is 0.294 e. The fourth-order valence-electron chi connectivity index (χ4n) is 2.63. The molecule has 0 unspecified atom stereocenters. The zero-order valence-electron chi connectivity index (χ0n) is 10.4. The summed E-state index contributed by atoms with van der Waals surface area (Å²) in [6, 6.07) is 10.6. The van der Waals surface area contributed by atoms with Gasteiger partial charge in [-0.05, 0) is 36.4 Å². The number of fused-ring (bicyclic) bond motifs is 1. The van der Waals surface area contributed by atoms with Gasteiger partial charge in [0.2, 0.25) is 0 Å². The molecule has 100 valence electrons. The third kappa shape index (κ3) is 2.31. The lowest BCUT2D eigenvalue weighted by Crippen LogP contribution is -2.17. The molecule has 1 saturated heterocycles. The molecule has 2 aromatic rings. The highest BCUT2D eigenvalue weighted by atomic mass is 32.2. The maximum absolute atomic E-state index is 11.3. The summed E-state index contributed by atoms with van der Waals surface area (Å²) in [5.74, 6) is 0. The molecule has 4 nitrogen and oxygen atoms in total. The van der Waals surface area contributed by atoms with E-state index in [0.29, 0.717) is 0 Å². The van der Waals surface area contributed by atoms with Gasteiger partial charge in [0.05, 0.1) is 4.90 Å². The zero-order valence-corrected chi connectivity index (χ0v) is 11.2. The first-order chi connectivity index (χ1) is 9.05. The summed E-state index contributed by atoms with van der Waals surface area (Å²) in [5.41, 5.74) is 1.04. The normalized spacial score (nSPS) is 16.2. The van der Waals surface area contributed by atoms with Gasteiger partial charge in [-0.3, -0.25) is 4.55 Å². The average Bonchev–Trinajstić information content (AvgIpc) is 2.90. The van der Waals surface area contributed by atoms with E-state index in [4.69, 9.17) is 4.55 Å². The average molecular weight is 277 g/mol. The van der Waals surface area contributed by atoms with Crippen LogP contribution in [-0.4, -0.2) is 26.1 Å². The Morgan fingerprint density at radius 1 is 1.05 bits per heavy atom. The molecule has 0 bridgehead atoms. The third-order valence-corrected chi connectivity index (χ3v) is 4.42. The number of nitrogens with zero attached hydrogens (tertiary/aromatic N) is 1. The monoisotopic (exact) mass is 277 g/mol. The Labute approximate surface area is 112 Å². The number of hydrogen-bond acceptors (Lipinski definition) is 3. The number of anilines is 1. The molecular weight excluding hydrogens is 262 g/mol. The molecule has 2 aromatic carbocycles. The minimum atomic E-state index is -4.15. The van der Waals surface area contributed by atoms with Crippen LogP contribution >= 0.6 is 0 Å². The number of hydrogen-bond donors (Lipinski definition) is 1. The van der Waals surface area contributed by atoms with E-state index in [2.05, 4.69) is 4.90 Å². The highest BCUT2D eigenvalue weighted by Gasteiger charge is 2.16. The molecule has 0 aromatic heterocycles. The summed E-state index contributed by atoms with van der Waals surface area (Å²) in [4.78, 5) is 2.21. The SMILES string of the molecule is O=S(=O)(O)c1ccc2cccc(N3CCCC3)c2c1. The summed E-state index contributed by atoms with van der Waals surface area (Å²) in [7, 11) is -4.15. The van der Waals surface area contributed by atoms with Crippen molar-refractivity contribution in [3.63, 3.8) is 0 Å². The summed E-state index contributed by atoms with van der Waals surface area (Å²) in [6.45, 7) is 1.99. The first-order valence-electron chi connectivity index (χ1n) is 6.31. The third-order valence-electron chi connectivity index (χ3n) is 3.58. The van der Waals surface area contributed by atoms with E-state index < -0.39 is 10.1 Å². The van der Waals surface area contributed by atoms with Crippen LogP contribution in [0.25, 0.3) is 10.8 Å².